The highest BCUT2D eigenvalue weighted by Crippen LogP contribution is 2.29. The zero-order valence-corrected chi connectivity index (χ0v) is 16.5. The fraction of sp³-hybridized carbons (Fsp3) is 0.300. The van der Waals surface area contributed by atoms with Crippen molar-refractivity contribution in [1.29, 1.82) is 0 Å². The average molecular weight is 415 g/mol. The number of hydrogen-bond donors (Lipinski definition) is 1. The van der Waals surface area contributed by atoms with Gasteiger partial charge in [-0.2, -0.15) is 4.31 Å². The van der Waals surface area contributed by atoms with E-state index in [0.717, 1.165) is 4.90 Å². The highest BCUT2D eigenvalue weighted by atomic mass is 32.2. The van der Waals surface area contributed by atoms with Gasteiger partial charge in [0.15, 0.2) is 0 Å². The highest BCUT2D eigenvalue weighted by molar-refractivity contribution is 7.89. The zero-order chi connectivity index (χ0) is 20.6. The van der Waals surface area contributed by atoms with Gasteiger partial charge in [-0.1, -0.05) is 12.1 Å². The monoisotopic (exact) mass is 415 g/mol. The van der Waals surface area contributed by atoms with Gasteiger partial charge in [0.25, 0.3) is 11.8 Å². The van der Waals surface area contributed by atoms with Gasteiger partial charge in [0.2, 0.25) is 10.0 Å². The molecular weight excluding hydrogens is 394 g/mol. The molecule has 1 saturated heterocycles. The Hall–Kier alpha value is -2.59. The molecule has 2 aromatic carbocycles. The van der Waals surface area contributed by atoms with Crippen molar-refractivity contribution in [1.82, 2.24) is 9.21 Å². The zero-order valence-electron chi connectivity index (χ0n) is 15.7. The van der Waals surface area contributed by atoms with Crippen LogP contribution in [0.2, 0.25) is 0 Å². The van der Waals surface area contributed by atoms with E-state index in [0.29, 0.717) is 49.5 Å². The topological polar surface area (TPSA) is 98.2 Å². The molecule has 9 heteroatoms. The van der Waals surface area contributed by atoms with Crippen molar-refractivity contribution in [3.8, 4) is 0 Å². The Labute approximate surface area is 169 Å². The summed E-state index contributed by atoms with van der Waals surface area (Å²) in [6.07, 6.45) is 0. The van der Waals surface area contributed by atoms with Crippen LogP contribution in [0.15, 0.2) is 53.4 Å². The first-order valence-corrected chi connectivity index (χ1v) is 10.8. The van der Waals surface area contributed by atoms with Crippen LogP contribution in [-0.4, -0.2) is 73.9 Å². The third-order valence-electron chi connectivity index (χ3n) is 5.27. The van der Waals surface area contributed by atoms with Crippen LogP contribution in [-0.2, 0) is 10.0 Å². The van der Waals surface area contributed by atoms with Crippen molar-refractivity contribution in [2.45, 2.75) is 4.90 Å². The lowest BCUT2D eigenvalue weighted by Gasteiger charge is -2.33. The second kappa shape index (κ2) is 7.68. The van der Waals surface area contributed by atoms with Gasteiger partial charge in [0.05, 0.1) is 28.3 Å². The minimum absolute atomic E-state index is 0.0476. The SMILES string of the molecule is O=C1c2ccccc2C(=O)N1c1ccc(S(=O)(=O)N2CCN(CCO)CC2)cc1. The lowest BCUT2D eigenvalue weighted by molar-refractivity contribution is 0.0926. The largest absolute Gasteiger partial charge is 0.395 e. The minimum Gasteiger partial charge on any atom is -0.395 e. The summed E-state index contributed by atoms with van der Waals surface area (Å²) in [6, 6.07) is 12.4. The number of β-amino-alcohol motifs (C(OH)–C–C–N with tert-alkyl or cyclic N) is 1. The number of anilines is 1. The highest BCUT2D eigenvalue weighted by Gasteiger charge is 2.36. The van der Waals surface area contributed by atoms with Crippen molar-refractivity contribution in [3.63, 3.8) is 0 Å². The minimum atomic E-state index is -3.67. The molecule has 0 aliphatic carbocycles. The lowest BCUT2D eigenvalue weighted by Crippen LogP contribution is -2.49. The van der Waals surface area contributed by atoms with E-state index in [1.807, 2.05) is 4.90 Å². The number of nitrogens with zero attached hydrogens (tertiary/aromatic N) is 3. The standard InChI is InChI=1S/C20H21N3O5S/c24-14-13-21-9-11-22(12-10-21)29(27,28)16-7-5-15(6-8-16)23-19(25)17-3-1-2-4-18(17)20(23)26/h1-8,24H,9-14H2. The van der Waals surface area contributed by atoms with Crippen LogP contribution in [0, 0.1) is 0 Å². The van der Waals surface area contributed by atoms with E-state index in [-0.39, 0.29) is 11.5 Å². The van der Waals surface area contributed by atoms with Gasteiger partial charge in [0.1, 0.15) is 0 Å². The number of benzene rings is 2. The summed E-state index contributed by atoms with van der Waals surface area (Å²) in [5.41, 5.74) is 1.02. The van der Waals surface area contributed by atoms with Crippen molar-refractivity contribution in [2.24, 2.45) is 0 Å². The second-order valence-corrected chi connectivity index (χ2v) is 8.89. The molecule has 2 aliphatic rings. The van der Waals surface area contributed by atoms with Crippen LogP contribution in [0.4, 0.5) is 5.69 Å². The maximum atomic E-state index is 12.9. The summed E-state index contributed by atoms with van der Waals surface area (Å²) in [7, 11) is -3.67. The van der Waals surface area contributed by atoms with E-state index in [9.17, 15) is 18.0 Å². The van der Waals surface area contributed by atoms with Crippen LogP contribution in [0.5, 0.6) is 0 Å². The number of sulfonamides is 1. The van der Waals surface area contributed by atoms with E-state index in [4.69, 9.17) is 5.11 Å². The van der Waals surface area contributed by atoms with E-state index in [1.54, 1.807) is 24.3 Å². The smallest absolute Gasteiger partial charge is 0.266 e. The number of amides is 2. The molecule has 2 heterocycles. The Kier molecular flexibility index (Phi) is 5.22. The fourth-order valence-corrected chi connectivity index (χ4v) is 5.10. The van der Waals surface area contributed by atoms with E-state index in [2.05, 4.69) is 0 Å². The molecule has 2 aliphatic heterocycles. The summed E-state index contributed by atoms with van der Waals surface area (Å²) < 4.78 is 27.2. The van der Waals surface area contributed by atoms with Crippen LogP contribution in [0.1, 0.15) is 20.7 Å². The van der Waals surface area contributed by atoms with E-state index in [1.165, 1.54) is 28.6 Å². The molecule has 1 N–H and O–H groups in total. The molecule has 0 bridgehead atoms. The number of imide groups is 1. The first-order valence-electron chi connectivity index (χ1n) is 9.35. The first kappa shape index (κ1) is 19.7. The van der Waals surface area contributed by atoms with E-state index < -0.39 is 21.8 Å². The number of carbonyl (C=O) groups is 2. The van der Waals surface area contributed by atoms with Gasteiger partial charge in [-0.05, 0) is 36.4 Å². The average Bonchev–Trinajstić information content (AvgIpc) is 2.99. The molecule has 0 saturated carbocycles. The summed E-state index contributed by atoms with van der Waals surface area (Å²) in [6.45, 7) is 2.40. The van der Waals surface area contributed by atoms with Crippen molar-refractivity contribution in [2.75, 3.05) is 44.2 Å². The third-order valence-corrected chi connectivity index (χ3v) is 7.19. The van der Waals surface area contributed by atoms with Gasteiger partial charge < -0.3 is 5.11 Å². The number of carbonyl (C=O) groups excluding carboxylic acids is 2. The Morgan fingerprint density at radius 1 is 0.828 bits per heavy atom. The third kappa shape index (κ3) is 3.46. The fourth-order valence-electron chi connectivity index (χ4n) is 3.67. The summed E-state index contributed by atoms with van der Waals surface area (Å²) >= 11 is 0. The molecule has 0 radical (unpaired) electrons. The molecule has 8 nitrogen and oxygen atoms in total. The molecule has 4 rings (SSSR count). The Balaban J connectivity index is 1.53. The Bertz CT molecular complexity index is 1010. The van der Waals surface area contributed by atoms with Crippen molar-refractivity contribution in [3.05, 3.63) is 59.7 Å². The number of rotatable bonds is 5. The van der Waals surface area contributed by atoms with E-state index >= 15 is 0 Å². The maximum Gasteiger partial charge on any atom is 0.266 e. The predicted octanol–water partition coefficient (Wildman–Crippen LogP) is 0.786. The number of hydrogen-bond acceptors (Lipinski definition) is 6. The summed E-state index contributed by atoms with van der Waals surface area (Å²) in [5, 5.41) is 9.01. The maximum absolute atomic E-state index is 12.9. The summed E-state index contributed by atoms with van der Waals surface area (Å²) in [4.78, 5) is 28.3. The van der Waals surface area contributed by atoms with Crippen molar-refractivity contribution >= 4 is 27.5 Å². The predicted molar refractivity (Wildman–Crippen MR) is 106 cm³/mol. The van der Waals surface area contributed by atoms with Crippen LogP contribution in [0.3, 0.4) is 0 Å². The van der Waals surface area contributed by atoms with Gasteiger partial charge in [-0.15, -0.1) is 0 Å². The van der Waals surface area contributed by atoms with Crippen LogP contribution < -0.4 is 4.90 Å². The van der Waals surface area contributed by atoms with Gasteiger partial charge in [0, 0.05) is 32.7 Å². The molecule has 152 valence electrons. The Morgan fingerprint density at radius 2 is 1.38 bits per heavy atom. The molecule has 0 aromatic heterocycles. The number of aliphatic hydroxyl groups excluding tert-OH is 1. The van der Waals surface area contributed by atoms with Gasteiger partial charge >= 0.3 is 0 Å². The van der Waals surface area contributed by atoms with Crippen LogP contribution >= 0.6 is 0 Å². The molecule has 1 fully saturated rings. The van der Waals surface area contributed by atoms with Crippen molar-refractivity contribution < 1.29 is 23.1 Å². The molecule has 0 atom stereocenters. The molecule has 0 unspecified atom stereocenters. The molecule has 0 spiro atoms. The quantitative estimate of drug-likeness (QED) is 0.725. The number of aliphatic hydroxyl groups is 1. The molecular formula is C20H21N3O5S. The first-order chi connectivity index (χ1) is 13.9. The number of piperazine rings is 1. The lowest BCUT2D eigenvalue weighted by atomic mass is 10.1. The normalized spacial score (nSPS) is 18.3. The van der Waals surface area contributed by atoms with Gasteiger partial charge in [-0.25, -0.2) is 13.3 Å². The second-order valence-electron chi connectivity index (χ2n) is 6.95. The molecule has 2 amide bonds. The Morgan fingerprint density at radius 3 is 1.90 bits per heavy atom. The summed E-state index contributed by atoms with van der Waals surface area (Å²) in [5.74, 6) is -0.831. The number of fused-ring (bicyclic) bond motifs is 1. The van der Waals surface area contributed by atoms with Crippen LogP contribution in [0.25, 0.3) is 0 Å². The van der Waals surface area contributed by atoms with Gasteiger partial charge in [-0.3, -0.25) is 14.5 Å². The molecule has 29 heavy (non-hydrogen) atoms. The molecule has 2 aromatic rings.